The lowest BCUT2D eigenvalue weighted by Gasteiger charge is -2.37. The Bertz CT molecular complexity index is 542. The zero-order valence-electron chi connectivity index (χ0n) is 11.8. The van der Waals surface area contributed by atoms with Crippen LogP contribution in [0.4, 0.5) is 5.95 Å². The Morgan fingerprint density at radius 3 is 2.82 bits per heavy atom. The van der Waals surface area contributed by atoms with Gasteiger partial charge in [0.15, 0.2) is 0 Å². The van der Waals surface area contributed by atoms with E-state index in [2.05, 4.69) is 15.3 Å². The molecule has 0 radical (unpaired) electrons. The van der Waals surface area contributed by atoms with Gasteiger partial charge in [-0.15, -0.1) is 0 Å². The SMILES string of the molecule is COc1cc(C(N)=O)nc(N[C@H]2CO[C@H](CO)[C@H](O)[C@@H]2O)n1. The fraction of sp³-hybridized carbons (Fsp3) is 0.583. The number of hydrogen-bond acceptors (Lipinski definition) is 9. The first kappa shape index (κ1) is 16.4. The Labute approximate surface area is 125 Å². The van der Waals surface area contributed by atoms with E-state index >= 15 is 0 Å². The number of amides is 1. The number of primary amides is 1. The molecule has 10 heteroatoms. The molecule has 6 N–H and O–H groups in total. The van der Waals surface area contributed by atoms with E-state index in [-0.39, 0.29) is 24.1 Å². The van der Waals surface area contributed by atoms with E-state index in [1.165, 1.54) is 13.2 Å². The van der Waals surface area contributed by atoms with Crippen molar-refractivity contribution in [2.75, 3.05) is 25.6 Å². The molecule has 0 spiro atoms. The number of carbonyl (C=O) groups excluding carboxylic acids is 1. The van der Waals surface area contributed by atoms with Crippen molar-refractivity contribution in [1.82, 2.24) is 9.97 Å². The molecular weight excluding hydrogens is 296 g/mol. The summed E-state index contributed by atoms with van der Waals surface area (Å²) in [5.74, 6) is -0.647. The number of nitrogens with two attached hydrogens (primary N) is 1. The summed E-state index contributed by atoms with van der Waals surface area (Å²) in [5.41, 5.74) is 5.11. The Balaban J connectivity index is 2.16. The van der Waals surface area contributed by atoms with Crippen LogP contribution in [0.2, 0.25) is 0 Å². The fourth-order valence-corrected chi connectivity index (χ4v) is 2.06. The van der Waals surface area contributed by atoms with Gasteiger partial charge in [-0.2, -0.15) is 4.98 Å². The maximum Gasteiger partial charge on any atom is 0.267 e. The number of aliphatic hydroxyl groups excluding tert-OH is 3. The molecule has 2 heterocycles. The number of rotatable bonds is 5. The molecule has 1 saturated heterocycles. The Morgan fingerprint density at radius 2 is 2.23 bits per heavy atom. The molecular formula is C12H18N4O6. The van der Waals surface area contributed by atoms with Gasteiger partial charge in [-0.3, -0.25) is 4.79 Å². The van der Waals surface area contributed by atoms with Gasteiger partial charge in [0.25, 0.3) is 5.91 Å². The number of nitrogens with one attached hydrogen (secondary N) is 1. The topological polar surface area (TPSA) is 160 Å². The van der Waals surface area contributed by atoms with Gasteiger partial charge in [0.1, 0.15) is 24.0 Å². The van der Waals surface area contributed by atoms with Crippen LogP contribution in [0.1, 0.15) is 10.5 Å². The van der Waals surface area contributed by atoms with Crippen molar-refractivity contribution in [3.63, 3.8) is 0 Å². The molecule has 1 aliphatic heterocycles. The second-order valence-electron chi connectivity index (χ2n) is 4.77. The predicted octanol–water partition coefficient (Wildman–Crippen LogP) is -2.52. The molecule has 0 bridgehead atoms. The average Bonchev–Trinajstić information content (AvgIpc) is 2.51. The Kier molecular flexibility index (Phi) is 5.08. The van der Waals surface area contributed by atoms with Gasteiger partial charge in [-0.25, -0.2) is 4.98 Å². The normalized spacial score (nSPS) is 28.2. The summed E-state index contributed by atoms with van der Waals surface area (Å²) >= 11 is 0. The minimum absolute atomic E-state index is 0.00421. The molecule has 0 aromatic carbocycles. The van der Waals surface area contributed by atoms with E-state index in [4.69, 9.17) is 20.3 Å². The summed E-state index contributed by atoms with van der Waals surface area (Å²) in [7, 11) is 1.37. The summed E-state index contributed by atoms with van der Waals surface area (Å²) in [4.78, 5) is 19.1. The number of ether oxygens (including phenoxy) is 2. The van der Waals surface area contributed by atoms with Crippen molar-refractivity contribution in [1.29, 1.82) is 0 Å². The lowest BCUT2D eigenvalue weighted by atomic mass is 9.98. The lowest BCUT2D eigenvalue weighted by molar-refractivity contribution is -0.152. The van der Waals surface area contributed by atoms with E-state index in [1.807, 2.05) is 0 Å². The zero-order valence-corrected chi connectivity index (χ0v) is 11.8. The summed E-state index contributed by atoms with van der Waals surface area (Å²) in [5, 5.41) is 31.6. The summed E-state index contributed by atoms with van der Waals surface area (Å²) in [6.45, 7) is -0.400. The van der Waals surface area contributed by atoms with Crippen LogP contribution in [0.25, 0.3) is 0 Å². The molecule has 1 aliphatic rings. The number of aliphatic hydroxyl groups is 3. The molecule has 10 nitrogen and oxygen atoms in total. The fourth-order valence-electron chi connectivity index (χ4n) is 2.06. The van der Waals surface area contributed by atoms with Crippen LogP contribution in [-0.2, 0) is 4.74 Å². The van der Waals surface area contributed by atoms with Gasteiger partial charge in [0, 0.05) is 6.07 Å². The second kappa shape index (κ2) is 6.83. The highest BCUT2D eigenvalue weighted by atomic mass is 16.5. The summed E-state index contributed by atoms with van der Waals surface area (Å²) < 4.78 is 10.2. The molecule has 1 amide bonds. The third-order valence-corrected chi connectivity index (χ3v) is 3.29. The number of aromatic nitrogens is 2. The van der Waals surface area contributed by atoms with E-state index in [1.54, 1.807) is 0 Å². The number of methoxy groups -OCH3 is 1. The maximum atomic E-state index is 11.2. The number of anilines is 1. The average molecular weight is 314 g/mol. The molecule has 0 aliphatic carbocycles. The second-order valence-corrected chi connectivity index (χ2v) is 4.77. The Morgan fingerprint density at radius 1 is 1.50 bits per heavy atom. The minimum atomic E-state index is -1.27. The molecule has 0 saturated carbocycles. The summed E-state index contributed by atoms with van der Waals surface area (Å²) in [6.07, 6.45) is -3.34. The van der Waals surface area contributed by atoms with Gasteiger partial charge in [-0.1, -0.05) is 0 Å². The number of nitrogens with zero attached hydrogens (tertiary/aromatic N) is 2. The van der Waals surface area contributed by atoms with Crippen LogP contribution in [0.3, 0.4) is 0 Å². The van der Waals surface area contributed by atoms with Crippen LogP contribution in [0.5, 0.6) is 5.88 Å². The van der Waals surface area contributed by atoms with Crippen molar-refractivity contribution in [2.24, 2.45) is 5.73 Å². The number of carbonyl (C=O) groups is 1. The van der Waals surface area contributed by atoms with Gasteiger partial charge in [0.05, 0.1) is 26.4 Å². The third kappa shape index (κ3) is 3.42. The van der Waals surface area contributed by atoms with E-state index < -0.39 is 36.9 Å². The molecule has 2 rings (SSSR count). The van der Waals surface area contributed by atoms with Crippen LogP contribution in [0.15, 0.2) is 6.07 Å². The predicted molar refractivity (Wildman–Crippen MR) is 73.4 cm³/mol. The molecule has 1 aromatic heterocycles. The third-order valence-electron chi connectivity index (χ3n) is 3.29. The minimum Gasteiger partial charge on any atom is -0.481 e. The van der Waals surface area contributed by atoms with Crippen molar-refractivity contribution in [3.05, 3.63) is 11.8 Å². The largest absolute Gasteiger partial charge is 0.481 e. The van der Waals surface area contributed by atoms with Gasteiger partial charge < -0.3 is 35.8 Å². The molecule has 1 aromatic rings. The smallest absolute Gasteiger partial charge is 0.267 e. The number of hydrogen-bond donors (Lipinski definition) is 5. The van der Waals surface area contributed by atoms with Gasteiger partial charge in [-0.05, 0) is 0 Å². The quantitative estimate of drug-likeness (QED) is 0.395. The van der Waals surface area contributed by atoms with Crippen LogP contribution < -0.4 is 15.8 Å². The maximum absolute atomic E-state index is 11.2. The molecule has 22 heavy (non-hydrogen) atoms. The molecule has 0 unspecified atom stereocenters. The lowest BCUT2D eigenvalue weighted by Crippen LogP contribution is -2.56. The van der Waals surface area contributed by atoms with Crippen LogP contribution in [0, 0.1) is 0 Å². The molecule has 1 fully saturated rings. The highest BCUT2D eigenvalue weighted by molar-refractivity contribution is 5.91. The zero-order chi connectivity index (χ0) is 16.3. The van der Waals surface area contributed by atoms with Crippen LogP contribution >= 0.6 is 0 Å². The van der Waals surface area contributed by atoms with Crippen molar-refractivity contribution < 1.29 is 29.6 Å². The van der Waals surface area contributed by atoms with Crippen molar-refractivity contribution in [2.45, 2.75) is 24.4 Å². The molecule has 4 atom stereocenters. The van der Waals surface area contributed by atoms with Crippen LogP contribution in [-0.4, -0.2) is 75.9 Å². The summed E-state index contributed by atoms with van der Waals surface area (Å²) in [6, 6.07) is 0.545. The molecule has 122 valence electrons. The Hall–Kier alpha value is -2.01. The monoisotopic (exact) mass is 314 g/mol. The first-order chi connectivity index (χ1) is 10.5. The van der Waals surface area contributed by atoms with E-state index in [9.17, 15) is 15.0 Å². The van der Waals surface area contributed by atoms with Gasteiger partial charge in [0.2, 0.25) is 11.8 Å². The van der Waals surface area contributed by atoms with E-state index in [0.29, 0.717) is 0 Å². The highest BCUT2D eigenvalue weighted by Gasteiger charge is 2.38. The highest BCUT2D eigenvalue weighted by Crippen LogP contribution is 2.19. The first-order valence-electron chi connectivity index (χ1n) is 6.54. The van der Waals surface area contributed by atoms with Crippen molar-refractivity contribution in [3.8, 4) is 5.88 Å². The first-order valence-corrected chi connectivity index (χ1v) is 6.54. The van der Waals surface area contributed by atoms with Crippen molar-refractivity contribution >= 4 is 11.9 Å². The van der Waals surface area contributed by atoms with Gasteiger partial charge >= 0.3 is 0 Å². The van der Waals surface area contributed by atoms with E-state index in [0.717, 1.165) is 0 Å². The standard InChI is InChI=1S/C12H18N4O6/c1-21-8-2-5(11(13)20)14-12(16-8)15-6-4-22-7(3-17)10(19)9(6)18/h2,6-7,9-10,17-19H,3-4H2,1H3,(H2,13,20)(H,14,15,16)/t6-,7+,9+,10-/m0/s1.